The molecular weight excluding hydrogens is 376 g/mol. The summed E-state index contributed by atoms with van der Waals surface area (Å²) in [5, 5.41) is 3.87. The van der Waals surface area contributed by atoms with Gasteiger partial charge >= 0.3 is 0 Å². The molecule has 2 aromatic carbocycles. The van der Waals surface area contributed by atoms with Gasteiger partial charge in [0.05, 0.1) is 11.0 Å². The molecule has 4 aromatic rings. The van der Waals surface area contributed by atoms with Crippen LogP contribution < -0.4 is 16.8 Å². The maximum atomic E-state index is 12.1. The SMILES string of the molecule is CCCC(=O)Nc1ccc2nc(N)c3nc(C)n(Cc4ccc(CN)cc4)c3c2c1. The van der Waals surface area contributed by atoms with E-state index in [9.17, 15) is 4.79 Å². The lowest BCUT2D eigenvalue weighted by Gasteiger charge is -2.11. The Labute approximate surface area is 175 Å². The maximum absolute atomic E-state index is 12.1. The van der Waals surface area contributed by atoms with Gasteiger partial charge in [0.15, 0.2) is 5.82 Å². The van der Waals surface area contributed by atoms with E-state index >= 15 is 0 Å². The number of benzene rings is 2. The van der Waals surface area contributed by atoms with Crippen molar-refractivity contribution < 1.29 is 4.79 Å². The number of nitrogens with two attached hydrogens (primary N) is 2. The Morgan fingerprint density at radius 3 is 2.53 bits per heavy atom. The average Bonchev–Trinajstić information content (AvgIpc) is 3.06. The van der Waals surface area contributed by atoms with Crippen molar-refractivity contribution in [2.45, 2.75) is 39.8 Å². The molecule has 7 heteroatoms. The number of fused-ring (bicyclic) bond motifs is 3. The maximum Gasteiger partial charge on any atom is 0.224 e. The van der Waals surface area contributed by atoms with Crippen LogP contribution in [-0.2, 0) is 17.9 Å². The van der Waals surface area contributed by atoms with Crippen molar-refractivity contribution in [1.29, 1.82) is 0 Å². The van der Waals surface area contributed by atoms with Gasteiger partial charge in [-0.25, -0.2) is 9.97 Å². The highest BCUT2D eigenvalue weighted by molar-refractivity contribution is 6.08. The molecule has 0 bridgehead atoms. The van der Waals surface area contributed by atoms with E-state index in [2.05, 4.69) is 32.0 Å². The van der Waals surface area contributed by atoms with Crippen molar-refractivity contribution in [2.75, 3.05) is 11.1 Å². The van der Waals surface area contributed by atoms with Crippen LogP contribution in [0, 0.1) is 6.92 Å². The minimum absolute atomic E-state index is 0.00109. The smallest absolute Gasteiger partial charge is 0.224 e. The molecule has 0 radical (unpaired) electrons. The highest BCUT2D eigenvalue weighted by Gasteiger charge is 2.16. The fraction of sp³-hybridized carbons (Fsp3) is 0.261. The van der Waals surface area contributed by atoms with Crippen molar-refractivity contribution in [1.82, 2.24) is 14.5 Å². The first-order valence-electron chi connectivity index (χ1n) is 10.1. The molecule has 0 fully saturated rings. The number of aryl methyl sites for hydroxylation is 1. The summed E-state index contributed by atoms with van der Waals surface area (Å²) in [4.78, 5) is 21.3. The van der Waals surface area contributed by atoms with Crippen molar-refractivity contribution in [2.24, 2.45) is 5.73 Å². The number of aromatic nitrogens is 3. The summed E-state index contributed by atoms with van der Waals surface area (Å²) in [6.07, 6.45) is 1.29. The molecule has 5 N–H and O–H groups in total. The third-order valence-corrected chi connectivity index (χ3v) is 5.25. The van der Waals surface area contributed by atoms with Crippen LogP contribution in [0.3, 0.4) is 0 Å². The summed E-state index contributed by atoms with van der Waals surface area (Å²) >= 11 is 0. The highest BCUT2D eigenvalue weighted by atomic mass is 16.1. The van der Waals surface area contributed by atoms with E-state index in [-0.39, 0.29) is 5.91 Å². The predicted molar refractivity (Wildman–Crippen MR) is 121 cm³/mol. The molecule has 2 heterocycles. The third kappa shape index (κ3) is 3.71. The largest absolute Gasteiger partial charge is 0.382 e. The van der Waals surface area contributed by atoms with Crippen molar-refractivity contribution >= 4 is 39.3 Å². The number of imidazole rings is 1. The summed E-state index contributed by atoms with van der Waals surface area (Å²) in [5.74, 6) is 1.26. The van der Waals surface area contributed by atoms with Crippen LogP contribution in [0.2, 0.25) is 0 Å². The van der Waals surface area contributed by atoms with E-state index in [0.29, 0.717) is 30.8 Å². The quantitative estimate of drug-likeness (QED) is 0.455. The van der Waals surface area contributed by atoms with Gasteiger partial charge in [-0.2, -0.15) is 0 Å². The average molecular weight is 403 g/mol. The standard InChI is InChI=1S/C23H26N6O/c1-3-4-20(30)27-17-9-10-19-18(11-17)22-21(23(25)28-19)26-14(2)29(22)13-16-7-5-15(12-24)6-8-16/h5-11H,3-4,12-13,24H2,1-2H3,(H2,25,28)(H,27,30). The Kier molecular flexibility index (Phi) is 5.37. The molecule has 0 aliphatic heterocycles. The summed E-state index contributed by atoms with van der Waals surface area (Å²) in [6.45, 7) is 5.12. The molecular formula is C23H26N6O. The van der Waals surface area contributed by atoms with Gasteiger partial charge in [-0.3, -0.25) is 4.79 Å². The summed E-state index contributed by atoms with van der Waals surface area (Å²) < 4.78 is 2.14. The minimum Gasteiger partial charge on any atom is -0.382 e. The molecule has 2 aromatic heterocycles. The number of anilines is 2. The Balaban J connectivity index is 1.84. The van der Waals surface area contributed by atoms with Gasteiger partial charge in [-0.1, -0.05) is 31.2 Å². The van der Waals surface area contributed by atoms with Gasteiger partial charge in [0.25, 0.3) is 0 Å². The minimum atomic E-state index is 0.00109. The molecule has 0 spiro atoms. The zero-order chi connectivity index (χ0) is 21.3. The molecule has 0 unspecified atom stereocenters. The number of carbonyl (C=O) groups excluding carboxylic acids is 1. The number of carbonyl (C=O) groups is 1. The Morgan fingerprint density at radius 2 is 1.83 bits per heavy atom. The first-order chi connectivity index (χ1) is 14.5. The van der Waals surface area contributed by atoms with Gasteiger partial charge in [0.2, 0.25) is 5.91 Å². The number of nitrogen functional groups attached to an aromatic ring is 1. The zero-order valence-corrected chi connectivity index (χ0v) is 17.3. The second-order valence-electron chi connectivity index (χ2n) is 7.49. The molecule has 7 nitrogen and oxygen atoms in total. The van der Waals surface area contributed by atoms with Crippen molar-refractivity contribution in [3.05, 3.63) is 59.4 Å². The van der Waals surface area contributed by atoms with E-state index in [4.69, 9.17) is 11.5 Å². The van der Waals surface area contributed by atoms with E-state index in [1.165, 1.54) is 0 Å². The van der Waals surface area contributed by atoms with Crippen LogP contribution in [0.1, 0.15) is 36.7 Å². The van der Waals surface area contributed by atoms with Crippen molar-refractivity contribution in [3.63, 3.8) is 0 Å². The number of hydrogen-bond donors (Lipinski definition) is 3. The fourth-order valence-electron chi connectivity index (χ4n) is 3.71. The Hall–Kier alpha value is -3.45. The molecule has 0 aliphatic rings. The van der Waals surface area contributed by atoms with Gasteiger partial charge < -0.3 is 21.4 Å². The van der Waals surface area contributed by atoms with Crippen LogP contribution >= 0.6 is 0 Å². The second kappa shape index (κ2) is 8.12. The molecule has 0 saturated heterocycles. The lowest BCUT2D eigenvalue weighted by molar-refractivity contribution is -0.116. The van der Waals surface area contributed by atoms with E-state index in [0.717, 1.165) is 45.5 Å². The van der Waals surface area contributed by atoms with Gasteiger partial charge in [-0.05, 0) is 42.7 Å². The first-order valence-corrected chi connectivity index (χ1v) is 10.1. The Morgan fingerprint density at radius 1 is 1.10 bits per heavy atom. The van der Waals surface area contributed by atoms with Crippen LogP contribution in [0.25, 0.3) is 21.9 Å². The fourth-order valence-corrected chi connectivity index (χ4v) is 3.71. The second-order valence-corrected chi connectivity index (χ2v) is 7.49. The summed E-state index contributed by atoms with van der Waals surface area (Å²) in [5.41, 5.74) is 17.3. The monoisotopic (exact) mass is 402 g/mol. The lowest BCUT2D eigenvalue weighted by Crippen LogP contribution is -2.10. The molecule has 0 aliphatic carbocycles. The summed E-state index contributed by atoms with van der Waals surface area (Å²) in [7, 11) is 0. The number of rotatable bonds is 6. The molecule has 1 amide bonds. The normalized spacial score (nSPS) is 11.3. The number of pyridine rings is 1. The zero-order valence-electron chi connectivity index (χ0n) is 17.3. The van der Waals surface area contributed by atoms with Crippen LogP contribution in [0.5, 0.6) is 0 Å². The first kappa shape index (κ1) is 19.8. The van der Waals surface area contributed by atoms with Crippen LogP contribution in [0.15, 0.2) is 42.5 Å². The van der Waals surface area contributed by atoms with E-state index in [1.54, 1.807) is 0 Å². The van der Waals surface area contributed by atoms with Crippen LogP contribution in [0.4, 0.5) is 11.5 Å². The third-order valence-electron chi connectivity index (χ3n) is 5.25. The van der Waals surface area contributed by atoms with Crippen LogP contribution in [-0.4, -0.2) is 20.4 Å². The lowest BCUT2D eigenvalue weighted by atomic mass is 10.1. The van der Waals surface area contributed by atoms with Crippen molar-refractivity contribution in [3.8, 4) is 0 Å². The predicted octanol–water partition coefficient (Wildman–Crippen LogP) is 3.72. The molecule has 0 atom stereocenters. The summed E-state index contributed by atoms with van der Waals surface area (Å²) in [6, 6.07) is 13.9. The number of amides is 1. The van der Waals surface area contributed by atoms with E-state index < -0.39 is 0 Å². The van der Waals surface area contributed by atoms with Gasteiger partial charge in [0.1, 0.15) is 11.3 Å². The number of nitrogens with one attached hydrogen (secondary N) is 1. The molecule has 154 valence electrons. The highest BCUT2D eigenvalue weighted by Crippen LogP contribution is 2.31. The molecule has 0 saturated carbocycles. The Bertz CT molecular complexity index is 1230. The molecule has 4 rings (SSSR count). The van der Waals surface area contributed by atoms with Gasteiger partial charge in [0, 0.05) is 30.6 Å². The topological polar surface area (TPSA) is 112 Å². The number of nitrogens with zero attached hydrogens (tertiary/aromatic N) is 3. The van der Waals surface area contributed by atoms with Gasteiger partial charge in [-0.15, -0.1) is 0 Å². The number of hydrogen-bond acceptors (Lipinski definition) is 5. The molecule has 30 heavy (non-hydrogen) atoms. The van der Waals surface area contributed by atoms with E-state index in [1.807, 2.05) is 44.2 Å².